The molecule has 0 spiro atoms. The summed E-state index contributed by atoms with van der Waals surface area (Å²) in [5, 5.41) is 0. The third-order valence-corrected chi connectivity index (χ3v) is 2.30. The van der Waals surface area contributed by atoms with Gasteiger partial charge in [-0.25, -0.2) is 9.97 Å². The summed E-state index contributed by atoms with van der Waals surface area (Å²) in [5.41, 5.74) is 1.15. The van der Waals surface area contributed by atoms with E-state index in [4.69, 9.17) is 0 Å². The van der Waals surface area contributed by atoms with Gasteiger partial charge in [0.05, 0.1) is 0 Å². The average molecular weight is 243 g/mol. The molecule has 0 unspecified atom stereocenters. The predicted octanol–water partition coefficient (Wildman–Crippen LogP) is 3.14. The molecule has 0 saturated carbocycles. The molecule has 1 aromatic heterocycles. The largest absolute Gasteiger partial charge is 0.238 e. The van der Waals surface area contributed by atoms with Gasteiger partial charge in [0.15, 0.2) is 0 Å². The fraction of sp³-hybridized carbons (Fsp3) is 0.600. The molecule has 0 aromatic carbocycles. The minimum atomic E-state index is 0.901. The van der Waals surface area contributed by atoms with Gasteiger partial charge in [-0.15, -0.1) is 0 Å². The van der Waals surface area contributed by atoms with Crippen molar-refractivity contribution in [2.24, 2.45) is 0 Å². The number of rotatable bonds is 4. The van der Waals surface area contributed by atoms with Crippen LogP contribution in [0, 0.1) is 0 Å². The molecule has 0 atom stereocenters. The lowest BCUT2D eigenvalue weighted by molar-refractivity contribution is 0.759. The summed E-state index contributed by atoms with van der Waals surface area (Å²) < 4.78 is 0.908. The summed E-state index contributed by atoms with van der Waals surface area (Å²) in [6, 6.07) is 2.01. The molecule has 0 aliphatic carbocycles. The molecule has 0 aliphatic rings. The Hall–Kier alpha value is -0.440. The molecular formula is C10H15BrN2. The Balaban J connectivity index is 2.76. The van der Waals surface area contributed by atoms with Crippen molar-refractivity contribution in [1.82, 2.24) is 9.97 Å². The van der Waals surface area contributed by atoms with E-state index in [2.05, 4.69) is 39.7 Å². The van der Waals surface area contributed by atoms with Gasteiger partial charge in [-0.1, -0.05) is 20.3 Å². The molecule has 13 heavy (non-hydrogen) atoms. The molecule has 2 nitrogen and oxygen atoms in total. The van der Waals surface area contributed by atoms with Crippen LogP contribution < -0.4 is 0 Å². The fourth-order valence-electron chi connectivity index (χ4n) is 1.16. The molecule has 1 aromatic rings. The quantitative estimate of drug-likeness (QED) is 0.759. The average Bonchev–Trinajstić information content (AvgIpc) is 2.14. The smallest absolute Gasteiger partial charge is 0.129 e. The molecular weight excluding hydrogens is 228 g/mol. The van der Waals surface area contributed by atoms with E-state index in [1.54, 1.807) is 0 Å². The van der Waals surface area contributed by atoms with E-state index in [1.165, 1.54) is 12.8 Å². The first-order valence-corrected chi connectivity index (χ1v) is 5.58. The molecule has 0 bridgehead atoms. The Kier molecular flexibility index (Phi) is 4.36. The normalized spacial score (nSPS) is 10.4. The van der Waals surface area contributed by atoms with Crippen LogP contribution in [0.1, 0.15) is 38.2 Å². The Morgan fingerprint density at radius 2 is 2.08 bits per heavy atom. The van der Waals surface area contributed by atoms with Crippen LogP contribution in [0.4, 0.5) is 0 Å². The van der Waals surface area contributed by atoms with E-state index < -0.39 is 0 Å². The van der Waals surface area contributed by atoms with Crippen LogP contribution in [0.15, 0.2) is 10.7 Å². The molecule has 0 N–H and O–H groups in total. The first-order valence-electron chi connectivity index (χ1n) is 4.78. The molecule has 0 fully saturated rings. The number of aromatic nitrogens is 2. The van der Waals surface area contributed by atoms with Gasteiger partial charge in [0.25, 0.3) is 0 Å². The van der Waals surface area contributed by atoms with Crippen molar-refractivity contribution in [2.45, 2.75) is 39.5 Å². The van der Waals surface area contributed by atoms with Crippen molar-refractivity contribution in [3.8, 4) is 0 Å². The van der Waals surface area contributed by atoms with Gasteiger partial charge in [0.2, 0.25) is 0 Å². The van der Waals surface area contributed by atoms with E-state index in [0.717, 1.165) is 29.0 Å². The van der Waals surface area contributed by atoms with Crippen LogP contribution >= 0.6 is 15.9 Å². The lowest BCUT2D eigenvalue weighted by Gasteiger charge is -2.02. The molecule has 0 saturated heterocycles. The number of halogens is 1. The van der Waals surface area contributed by atoms with E-state index in [-0.39, 0.29) is 0 Å². The monoisotopic (exact) mass is 242 g/mol. The van der Waals surface area contributed by atoms with Gasteiger partial charge >= 0.3 is 0 Å². The molecule has 3 heteroatoms. The van der Waals surface area contributed by atoms with Crippen LogP contribution in [-0.4, -0.2) is 9.97 Å². The number of hydrogen-bond donors (Lipinski definition) is 0. The van der Waals surface area contributed by atoms with Gasteiger partial charge < -0.3 is 0 Å². The molecule has 0 amide bonds. The molecule has 72 valence electrons. The zero-order valence-electron chi connectivity index (χ0n) is 8.18. The summed E-state index contributed by atoms with van der Waals surface area (Å²) in [5.74, 6) is 0.931. The number of aryl methyl sites for hydroxylation is 2. The molecule has 0 aliphatic heterocycles. The summed E-state index contributed by atoms with van der Waals surface area (Å²) in [6.07, 6.45) is 4.37. The number of unbranched alkanes of at least 4 members (excludes halogenated alkanes) is 1. The summed E-state index contributed by atoms with van der Waals surface area (Å²) in [7, 11) is 0. The maximum atomic E-state index is 4.45. The van der Waals surface area contributed by atoms with E-state index >= 15 is 0 Å². The zero-order chi connectivity index (χ0) is 9.68. The molecule has 0 radical (unpaired) electrons. The van der Waals surface area contributed by atoms with Crippen molar-refractivity contribution in [1.29, 1.82) is 0 Å². The van der Waals surface area contributed by atoms with Crippen LogP contribution in [0.5, 0.6) is 0 Å². The third kappa shape index (κ3) is 3.43. The Morgan fingerprint density at radius 3 is 2.69 bits per heavy atom. The first kappa shape index (κ1) is 10.6. The SMILES string of the molecule is CCCCc1cc(Br)nc(CC)n1. The van der Waals surface area contributed by atoms with Gasteiger partial charge in [-0.05, 0) is 34.8 Å². The maximum Gasteiger partial charge on any atom is 0.129 e. The topological polar surface area (TPSA) is 25.8 Å². The van der Waals surface area contributed by atoms with Gasteiger partial charge in [-0.3, -0.25) is 0 Å². The van der Waals surface area contributed by atoms with Gasteiger partial charge in [0.1, 0.15) is 10.4 Å². The second kappa shape index (κ2) is 5.32. The second-order valence-corrected chi connectivity index (χ2v) is 3.87. The summed E-state index contributed by atoms with van der Waals surface area (Å²) >= 11 is 3.39. The van der Waals surface area contributed by atoms with Crippen molar-refractivity contribution in [2.75, 3.05) is 0 Å². The van der Waals surface area contributed by atoms with Crippen molar-refractivity contribution >= 4 is 15.9 Å². The standard InChI is InChI=1S/C10H15BrN2/c1-3-5-6-8-7-9(11)13-10(4-2)12-8/h7H,3-6H2,1-2H3. The highest BCUT2D eigenvalue weighted by Gasteiger charge is 2.00. The lowest BCUT2D eigenvalue weighted by atomic mass is 10.2. The Morgan fingerprint density at radius 1 is 1.31 bits per heavy atom. The van der Waals surface area contributed by atoms with Crippen LogP contribution in [0.2, 0.25) is 0 Å². The highest BCUT2D eigenvalue weighted by molar-refractivity contribution is 9.10. The van der Waals surface area contributed by atoms with Crippen molar-refractivity contribution in [3.63, 3.8) is 0 Å². The summed E-state index contributed by atoms with van der Waals surface area (Å²) in [4.78, 5) is 8.71. The fourth-order valence-corrected chi connectivity index (χ4v) is 1.63. The van der Waals surface area contributed by atoms with Crippen molar-refractivity contribution < 1.29 is 0 Å². The van der Waals surface area contributed by atoms with Crippen LogP contribution in [-0.2, 0) is 12.8 Å². The predicted molar refractivity (Wildman–Crippen MR) is 57.7 cm³/mol. The Labute approximate surface area is 87.9 Å². The van der Waals surface area contributed by atoms with E-state index in [1.807, 2.05) is 6.07 Å². The van der Waals surface area contributed by atoms with E-state index in [0.29, 0.717) is 0 Å². The third-order valence-electron chi connectivity index (χ3n) is 1.90. The number of nitrogens with zero attached hydrogens (tertiary/aromatic N) is 2. The highest BCUT2D eigenvalue weighted by atomic mass is 79.9. The zero-order valence-corrected chi connectivity index (χ0v) is 9.76. The highest BCUT2D eigenvalue weighted by Crippen LogP contribution is 2.10. The van der Waals surface area contributed by atoms with Crippen LogP contribution in [0.3, 0.4) is 0 Å². The second-order valence-electron chi connectivity index (χ2n) is 3.06. The van der Waals surface area contributed by atoms with Gasteiger partial charge in [-0.2, -0.15) is 0 Å². The van der Waals surface area contributed by atoms with Crippen LogP contribution in [0.25, 0.3) is 0 Å². The minimum Gasteiger partial charge on any atom is -0.238 e. The minimum absolute atomic E-state index is 0.901. The number of hydrogen-bond acceptors (Lipinski definition) is 2. The van der Waals surface area contributed by atoms with Crippen molar-refractivity contribution in [3.05, 3.63) is 22.2 Å². The summed E-state index contributed by atoms with van der Waals surface area (Å²) in [6.45, 7) is 4.27. The first-order chi connectivity index (χ1) is 6.26. The molecule has 1 heterocycles. The Bertz CT molecular complexity index is 274. The molecule has 1 rings (SSSR count). The lowest BCUT2D eigenvalue weighted by Crippen LogP contribution is -1.98. The van der Waals surface area contributed by atoms with E-state index in [9.17, 15) is 0 Å². The van der Waals surface area contributed by atoms with Gasteiger partial charge in [0, 0.05) is 12.1 Å². The maximum absolute atomic E-state index is 4.45.